The first-order valence-electron chi connectivity index (χ1n) is 10.8. The maximum Gasteiger partial charge on any atom is 0.252 e. The van der Waals surface area contributed by atoms with Crippen LogP contribution in [0.3, 0.4) is 0 Å². The van der Waals surface area contributed by atoms with Gasteiger partial charge in [0.2, 0.25) is 5.91 Å². The molecule has 7 heteroatoms. The zero-order valence-electron chi connectivity index (χ0n) is 17.4. The third kappa shape index (κ3) is 4.79. The van der Waals surface area contributed by atoms with Crippen LogP contribution in [0.5, 0.6) is 0 Å². The van der Waals surface area contributed by atoms with Crippen molar-refractivity contribution in [1.29, 1.82) is 0 Å². The Balaban J connectivity index is 1.39. The van der Waals surface area contributed by atoms with E-state index < -0.39 is 12.1 Å². The molecule has 31 heavy (non-hydrogen) atoms. The van der Waals surface area contributed by atoms with Gasteiger partial charge in [-0.25, -0.2) is 0 Å². The number of carbonyl (C=O) groups is 2. The summed E-state index contributed by atoms with van der Waals surface area (Å²) in [6.45, 7) is 1.26. The quantitative estimate of drug-likeness (QED) is 0.626. The molecule has 0 saturated carbocycles. The number of aliphatic hydroxyl groups is 1. The second-order valence-electron chi connectivity index (χ2n) is 8.23. The van der Waals surface area contributed by atoms with Crippen LogP contribution in [0.15, 0.2) is 54.6 Å². The fourth-order valence-electron chi connectivity index (χ4n) is 4.48. The number of benzene rings is 2. The number of nitrogens with one attached hydrogen (secondary N) is 1. The minimum absolute atomic E-state index is 0.195. The molecule has 7 nitrogen and oxygen atoms in total. The molecule has 0 aromatic heterocycles. The van der Waals surface area contributed by atoms with Gasteiger partial charge < -0.3 is 25.8 Å². The Morgan fingerprint density at radius 3 is 2.48 bits per heavy atom. The van der Waals surface area contributed by atoms with Gasteiger partial charge in [0.05, 0.1) is 18.8 Å². The molecule has 2 aromatic rings. The minimum atomic E-state index is -1.14. The van der Waals surface area contributed by atoms with Crippen LogP contribution < -0.4 is 11.1 Å². The maximum absolute atomic E-state index is 12.9. The van der Waals surface area contributed by atoms with Crippen LogP contribution in [0.2, 0.25) is 0 Å². The minimum Gasteiger partial charge on any atom is -0.383 e. The molecule has 0 aliphatic carbocycles. The molecule has 2 heterocycles. The zero-order chi connectivity index (χ0) is 21.8. The molecule has 4 atom stereocenters. The SMILES string of the molecule is NCc1ccc(CNC(=O)[C@@H]2CC[C@H]3[C@@H](OCc4ccccc4)C[C@H](O)C(=O)N23)cc1. The third-order valence-electron chi connectivity index (χ3n) is 6.19. The summed E-state index contributed by atoms with van der Waals surface area (Å²) in [5, 5.41) is 13.3. The van der Waals surface area contributed by atoms with Gasteiger partial charge in [-0.1, -0.05) is 54.6 Å². The Morgan fingerprint density at radius 1 is 1.06 bits per heavy atom. The van der Waals surface area contributed by atoms with E-state index in [0.717, 1.165) is 16.7 Å². The lowest BCUT2D eigenvalue weighted by atomic mass is 9.96. The molecule has 4 rings (SSSR count). The van der Waals surface area contributed by atoms with Crippen molar-refractivity contribution in [3.63, 3.8) is 0 Å². The molecule has 2 amide bonds. The van der Waals surface area contributed by atoms with Gasteiger partial charge in [0, 0.05) is 19.5 Å². The van der Waals surface area contributed by atoms with E-state index in [-0.39, 0.29) is 30.4 Å². The molecule has 2 aliphatic heterocycles. The molecule has 0 bridgehead atoms. The monoisotopic (exact) mass is 423 g/mol. The van der Waals surface area contributed by atoms with Crippen molar-refractivity contribution in [3.8, 4) is 0 Å². The average molecular weight is 424 g/mol. The van der Waals surface area contributed by atoms with Gasteiger partial charge in [-0.15, -0.1) is 0 Å². The van der Waals surface area contributed by atoms with E-state index in [9.17, 15) is 14.7 Å². The number of ether oxygens (including phenoxy) is 1. The molecule has 4 N–H and O–H groups in total. The fourth-order valence-corrected chi connectivity index (χ4v) is 4.48. The zero-order valence-corrected chi connectivity index (χ0v) is 17.4. The van der Waals surface area contributed by atoms with Crippen molar-refractivity contribution < 1.29 is 19.4 Å². The molecular formula is C24H29N3O4. The van der Waals surface area contributed by atoms with Crippen molar-refractivity contribution >= 4 is 11.8 Å². The molecule has 2 saturated heterocycles. The average Bonchev–Trinajstić information content (AvgIpc) is 3.26. The summed E-state index contributed by atoms with van der Waals surface area (Å²) >= 11 is 0. The standard InChI is InChI=1S/C24H29N3O4/c25-13-16-6-8-17(9-7-16)14-26-23(29)20-11-10-19-22(12-21(28)24(30)27(19)20)31-15-18-4-2-1-3-5-18/h1-9,19-22,28H,10-15,25H2,(H,26,29)/t19-,20-,21-,22-/m0/s1. The smallest absolute Gasteiger partial charge is 0.252 e. The Bertz CT molecular complexity index is 903. The summed E-state index contributed by atoms with van der Waals surface area (Å²) in [6.07, 6.45) is 0.0611. The van der Waals surface area contributed by atoms with Gasteiger partial charge in [-0.2, -0.15) is 0 Å². The van der Waals surface area contributed by atoms with Gasteiger partial charge in [-0.3, -0.25) is 9.59 Å². The lowest BCUT2D eigenvalue weighted by molar-refractivity contribution is -0.162. The molecule has 2 fully saturated rings. The number of rotatable bonds is 7. The highest BCUT2D eigenvalue weighted by atomic mass is 16.5. The predicted octanol–water partition coefficient (Wildman–Crippen LogP) is 1.47. The highest BCUT2D eigenvalue weighted by Crippen LogP contribution is 2.35. The highest BCUT2D eigenvalue weighted by Gasteiger charge is 2.50. The first kappa shape index (κ1) is 21.5. The van der Waals surface area contributed by atoms with Gasteiger partial charge in [0.25, 0.3) is 5.91 Å². The molecule has 0 spiro atoms. The van der Waals surface area contributed by atoms with E-state index in [1.54, 1.807) is 4.90 Å². The molecule has 0 unspecified atom stereocenters. The second-order valence-corrected chi connectivity index (χ2v) is 8.23. The summed E-state index contributed by atoms with van der Waals surface area (Å²) < 4.78 is 6.09. The Hall–Kier alpha value is -2.74. The molecule has 2 aromatic carbocycles. The van der Waals surface area contributed by atoms with E-state index in [1.807, 2.05) is 54.6 Å². The molecular weight excluding hydrogens is 394 g/mol. The van der Waals surface area contributed by atoms with Gasteiger partial charge in [0.1, 0.15) is 12.1 Å². The number of hydrogen-bond acceptors (Lipinski definition) is 5. The van der Waals surface area contributed by atoms with E-state index >= 15 is 0 Å². The molecule has 0 radical (unpaired) electrons. The van der Waals surface area contributed by atoms with Crippen molar-refractivity contribution in [2.24, 2.45) is 5.73 Å². The summed E-state index contributed by atoms with van der Waals surface area (Å²) in [4.78, 5) is 27.2. The van der Waals surface area contributed by atoms with Gasteiger partial charge in [-0.05, 0) is 29.5 Å². The van der Waals surface area contributed by atoms with E-state index in [4.69, 9.17) is 10.5 Å². The van der Waals surface area contributed by atoms with Crippen LogP contribution >= 0.6 is 0 Å². The van der Waals surface area contributed by atoms with Crippen LogP contribution in [0.1, 0.15) is 36.0 Å². The second kappa shape index (κ2) is 9.60. The van der Waals surface area contributed by atoms with Crippen molar-refractivity contribution in [3.05, 3.63) is 71.3 Å². The number of nitrogens with two attached hydrogens (primary N) is 1. The van der Waals surface area contributed by atoms with Crippen LogP contribution in [-0.2, 0) is 34.0 Å². The predicted molar refractivity (Wildman–Crippen MR) is 115 cm³/mol. The normalized spacial score (nSPS) is 25.4. The molecule has 2 aliphatic rings. The first-order chi connectivity index (χ1) is 15.1. The summed E-state index contributed by atoms with van der Waals surface area (Å²) in [5.41, 5.74) is 8.65. The summed E-state index contributed by atoms with van der Waals surface area (Å²) in [7, 11) is 0. The number of fused-ring (bicyclic) bond motifs is 1. The lowest BCUT2D eigenvalue weighted by Crippen LogP contribution is -2.59. The Kier molecular flexibility index (Phi) is 6.65. The number of carbonyl (C=O) groups excluding carboxylic acids is 2. The van der Waals surface area contributed by atoms with E-state index in [0.29, 0.717) is 32.5 Å². The number of amides is 2. The van der Waals surface area contributed by atoms with Crippen LogP contribution in [-0.4, -0.2) is 46.1 Å². The van der Waals surface area contributed by atoms with Crippen LogP contribution in [0, 0.1) is 0 Å². The fraction of sp³-hybridized carbons (Fsp3) is 0.417. The van der Waals surface area contributed by atoms with Gasteiger partial charge >= 0.3 is 0 Å². The van der Waals surface area contributed by atoms with Gasteiger partial charge in [0.15, 0.2) is 0 Å². The topological polar surface area (TPSA) is 105 Å². The maximum atomic E-state index is 12.9. The number of nitrogens with zero attached hydrogens (tertiary/aromatic N) is 1. The molecule has 164 valence electrons. The van der Waals surface area contributed by atoms with E-state index in [2.05, 4.69) is 5.32 Å². The van der Waals surface area contributed by atoms with Crippen LogP contribution in [0.4, 0.5) is 0 Å². The summed E-state index contributed by atoms with van der Waals surface area (Å²) in [6, 6.07) is 16.8. The summed E-state index contributed by atoms with van der Waals surface area (Å²) in [5.74, 6) is -0.579. The third-order valence-corrected chi connectivity index (χ3v) is 6.19. The Morgan fingerprint density at radius 2 is 1.77 bits per heavy atom. The van der Waals surface area contributed by atoms with Crippen molar-refractivity contribution in [2.45, 2.75) is 63.3 Å². The number of hydrogen-bond donors (Lipinski definition) is 3. The Labute approximate surface area is 182 Å². The number of aliphatic hydroxyl groups excluding tert-OH is 1. The largest absolute Gasteiger partial charge is 0.383 e. The van der Waals surface area contributed by atoms with E-state index in [1.165, 1.54) is 0 Å². The first-order valence-corrected chi connectivity index (χ1v) is 10.8. The van der Waals surface area contributed by atoms with Crippen molar-refractivity contribution in [2.75, 3.05) is 0 Å². The highest BCUT2D eigenvalue weighted by molar-refractivity contribution is 5.90. The lowest BCUT2D eigenvalue weighted by Gasteiger charge is -2.40. The van der Waals surface area contributed by atoms with Crippen LogP contribution in [0.25, 0.3) is 0 Å². The van der Waals surface area contributed by atoms with Crippen molar-refractivity contribution in [1.82, 2.24) is 10.2 Å². The number of piperidine rings is 1.